The molecule has 25 heavy (non-hydrogen) atoms. The van der Waals surface area contributed by atoms with Crippen molar-refractivity contribution in [1.82, 2.24) is 24.1 Å². The van der Waals surface area contributed by atoms with E-state index in [4.69, 9.17) is 5.73 Å². The van der Waals surface area contributed by atoms with Crippen LogP contribution in [0.4, 0.5) is 0 Å². The smallest absolute Gasteiger partial charge is 0.265 e. The molecule has 1 atom stereocenters. The molecule has 0 saturated carbocycles. The number of hydrogen-bond donors (Lipinski definition) is 2. The zero-order valence-electron chi connectivity index (χ0n) is 14.4. The number of sulfonamides is 1. The number of aryl methyl sites for hydroxylation is 2. The van der Waals surface area contributed by atoms with Crippen molar-refractivity contribution in [2.24, 2.45) is 12.8 Å². The number of carbonyl (C=O) groups is 1. The lowest BCUT2D eigenvalue weighted by Gasteiger charge is -2.22. The van der Waals surface area contributed by atoms with Gasteiger partial charge in [0, 0.05) is 25.7 Å². The molecule has 0 spiro atoms. The van der Waals surface area contributed by atoms with Crippen LogP contribution in [0.5, 0.6) is 0 Å². The number of nitrogens with one attached hydrogen (secondary N) is 1. The number of nitrogens with two attached hydrogens (primary N) is 1. The van der Waals surface area contributed by atoms with Crippen LogP contribution in [-0.4, -0.2) is 33.7 Å². The van der Waals surface area contributed by atoms with E-state index < -0.39 is 22.0 Å². The monoisotopic (exact) mass is 366 g/mol. The molecule has 3 rings (SSSR count). The summed E-state index contributed by atoms with van der Waals surface area (Å²) in [7, 11) is -2.23. The highest BCUT2D eigenvalue weighted by molar-refractivity contribution is 7.89. The second-order valence-corrected chi connectivity index (χ2v) is 8.27. The van der Waals surface area contributed by atoms with Crippen molar-refractivity contribution in [3.05, 3.63) is 29.6 Å². The van der Waals surface area contributed by atoms with Gasteiger partial charge in [-0.25, -0.2) is 22.8 Å². The summed E-state index contributed by atoms with van der Waals surface area (Å²) >= 11 is 0. The molecule has 0 aromatic carbocycles. The van der Waals surface area contributed by atoms with Crippen molar-refractivity contribution >= 4 is 15.9 Å². The Morgan fingerprint density at radius 2 is 2.16 bits per heavy atom. The Labute approximate surface area is 146 Å². The molecule has 1 aliphatic heterocycles. The van der Waals surface area contributed by atoms with Gasteiger partial charge in [-0.15, -0.1) is 0 Å². The number of hydrogen-bond acceptors (Lipinski definition) is 5. The van der Waals surface area contributed by atoms with Crippen LogP contribution in [0.25, 0.3) is 0 Å². The number of amides is 1. The quantitative estimate of drug-likeness (QED) is 0.804. The second kappa shape index (κ2) is 6.26. The summed E-state index contributed by atoms with van der Waals surface area (Å²) in [5.74, 6) is 0.826. The zero-order chi connectivity index (χ0) is 18.4. The van der Waals surface area contributed by atoms with E-state index in [1.165, 1.54) is 16.8 Å². The SMILES string of the molecule is CC(C)c1nc2n(n1)CCC[C@@H]2NS(=O)(=O)c1cc(C(N)=O)n(C)c1. The van der Waals surface area contributed by atoms with Gasteiger partial charge < -0.3 is 10.3 Å². The normalized spacial score (nSPS) is 17.7. The van der Waals surface area contributed by atoms with Crippen LogP contribution in [0.15, 0.2) is 17.2 Å². The van der Waals surface area contributed by atoms with E-state index in [0.29, 0.717) is 18.1 Å². The Hall–Kier alpha value is -2.20. The van der Waals surface area contributed by atoms with Crippen LogP contribution < -0.4 is 10.5 Å². The number of fused-ring (bicyclic) bond motifs is 1. The first kappa shape index (κ1) is 17.6. The highest BCUT2D eigenvalue weighted by Crippen LogP contribution is 2.27. The van der Waals surface area contributed by atoms with Gasteiger partial charge in [-0.2, -0.15) is 5.10 Å². The predicted octanol–water partition coefficient (Wildman–Crippen LogP) is 0.652. The molecule has 136 valence electrons. The van der Waals surface area contributed by atoms with Crippen molar-refractivity contribution in [2.75, 3.05) is 0 Å². The average molecular weight is 366 g/mol. The maximum absolute atomic E-state index is 12.7. The van der Waals surface area contributed by atoms with Crippen molar-refractivity contribution in [3.8, 4) is 0 Å². The second-order valence-electron chi connectivity index (χ2n) is 6.56. The van der Waals surface area contributed by atoms with Gasteiger partial charge in [0.2, 0.25) is 10.0 Å². The van der Waals surface area contributed by atoms with Gasteiger partial charge in [0.1, 0.15) is 16.4 Å². The Bertz CT molecular complexity index is 912. The maximum atomic E-state index is 12.7. The topological polar surface area (TPSA) is 125 Å². The molecule has 1 aliphatic rings. The van der Waals surface area contributed by atoms with Crippen LogP contribution in [-0.2, 0) is 23.6 Å². The van der Waals surface area contributed by atoms with E-state index >= 15 is 0 Å². The molecule has 1 amide bonds. The average Bonchev–Trinajstić information content (AvgIpc) is 3.11. The Balaban J connectivity index is 1.90. The van der Waals surface area contributed by atoms with Gasteiger partial charge in [0.25, 0.3) is 5.91 Å². The minimum atomic E-state index is -3.81. The standard InChI is InChI=1S/C15H22N6O3S/c1-9(2)14-17-15-11(5-4-6-21(15)18-14)19-25(23,24)10-7-12(13(16)22)20(3)8-10/h7-9,11,19H,4-6H2,1-3H3,(H2,16,22)/t11-/m0/s1. The number of rotatable bonds is 5. The van der Waals surface area contributed by atoms with Crippen molar-refractivity contribution < 1.29 is 13.2 Å². The third-order valence-corrected chi connectivity index (χ3v) is 5.69. The molecule has 10 heteroatoms. The lowest BCUT2D eigenvalue weighted by Crippen LogP contribution is -2.33. The molecule has 0 unspecified atom stereocenters. The molecule has 0 radical (unpaired) electrons. The van der Waals surface area contributed by atoms with Gasteiger partial charge in [-0.3, -0.25) is 4.79 Å². The van der Waals surface area contributed by atoms with E-state index in [2.05, 4.69) is 14.8 Å². The van der Waals surface area contributed by atoms with E-state index in [0.717, 1.165) is 13.0 Å². The molecule has 0 fully saturated rings. The maximum Gasteiger partial charge on any atom is 0.265 e. The minimum Gasteiger partial charge on any atom is -0.364 e. The van der Waals surface area contributed by atoms with Gasteiger partial charge in [-0.05, 0) is 18.9 Å². The third-order valence-electron chi connectivity index (χ3n) is 4.25. The molecule has 3 heterocycles. The van der Waals surface area contributed by atoms with Crippen LogP contribution in [0.2, 0.25) is 0 Å². The molecule has 0 aliphatic carbocycles. The molecule has 0 bridgehead atoms. The Morgan fingerprint density at radius 3 is 2.76 bits per heavy atom. The van der Waals surface area contributed by atoms with Crippen LogP contribution in [0, 0.1) is 0 Å². The number of nitrogens with zero attached hydrogens (tertiary/aromatic N) is 4. The fraction of sp³-hybridized carbons (Fsp3) is 0.533. The first-order valence-electron chi connectivity index (χ1n) is 8.12. The van der Waals surface area contributed by atoms with Crippen molar-refractivity contribution in [2.45, 2.75) is 50.1 Å². The van der Waals surface area contributed by atoms with E-state index in [9.17, 15) is 13.2 Å². The van der Waals surface area contributed by atoms with Crippen molar-refractivity contribution in [3.63, 3.8) is 0 Å². The summed E-state index contributed by atoms with van der Waals surface area (Å²) in [5.41, 5.74) is 5.39. The van der Waals surface area contributed by atoms with Gasteiger partial charge in [-0.1, -0.05) is 13.8 Å². The molecular formula is C15H22N6O3S. The molecule has 9 nitrogen and oxygen atoms in total. The summed E-state index contributed by atoms with van der Waals surface area (Å²) in [5, 5.41) is 4.45. The van der Waals surface area contributed by atoms with E-state index in [1.807, 2.05) is 13.8 Å². The highest BCUT2D eigenvalue weighted by atomic mass is 32.2. The fourth-order valence-corrected chi connectivity index (χ4v) is 4.20. The van der Waals surface area contributed by atoms with Gasteiger partial charge in [0.15, 0.2) is 5.82 Å². The number of aromatic nitrogens is 4. The highest BCUT2D eigenvalue weighted by Gasteiger charge is 2.30. The minimum absolute atomic E-state index is 0.00419. The summed E-state index contributed by atoms with van der Waals surface area (Å²) in [4.78, 5) is 15.9. The van der Waals surface area contributed by atoms with E-state index in [1.54, 1.807) is 11.7 Å². The third kappa shape index (κ3) is 3.31. The van der Waals surface area contributed by atoms with E-state index in [-0.39, 0.29) is 16.5 Å². The van der Waals surface area contributed by atoms with Crippen molar-refractivity contribution in [1.29, 1.82) is 0 Å². The van der Waals surface area contributed by atoms with Crippen LogP contribution >= 0.6 is 0 Å². The number of carbonyl (C=O) groups excluding carboxylic acids is 1. The fourth-order valence-electron chi connectivity index (χ4n) is 2.91. The summed E-state index contributed by atoms with van der Waals surface area (Å²) in [6, 6.07) is 0.827. The number of primary amides is 1. The summed E-state index contributed by atoms with van der Waals surface area (Å²) < 4.78 is 31.3. The van der Waals surface area contributed by atoms with Gasteiger partial charge >= 0.3 is 0 Å². The lowest BCUT2D eigenvalue weighted by molar-refractivity contribution is 0.0992. The van der Waals surface area contributed by atoms with Crippen LogP contribution in [0.3, 0.4) is 0 Å². The first-order chi connectivity index (χ1) is 11.7. The summed E-state index contributed by atoms with van der Waals surface area (Å²) in [6.45, 7) is 4.72. The molecule has 3 N–H and O–H groups in total. The molecule has 2 aromatic rings. The first-order valence-corrected chi connectivity index (χ1v) is 9.60. The molecule has 2 aromatic heterocycles. The largest absolute Gasteiger partial charge is 0.364 e. The zero-order valence-corrected chi connectivity index (χ0v) is 15.2. The Kier molecular flexibility index (Phi) is 4.41. The predicted molar refractivity (Wildman–Crippen MR) is 90.3 cm³/mol. The molecule has 0 saturated heterocycles. The van der Waals surface area contributed by atoms with Crippen LogP contribution in [0.1, 0.15) is 60.8 Å². The Morgan fingerprint density at radius 1 is 1.44 bits per heavy atom. The summed E-state index contributed by atoms with van der Waals surface area (Å²) in [6.07, 6.45) is 2.82. The molecular weight excluding hydrogens is 344 g/mol. The lowest BCUT2D eigenvalue weighted by atomic mass is 10.1. The van der Waals surface area contributed by atoms with Gasteiger partial charge in [0.05, 0.1) is 6.04 Å².